The minimum Gasteiger partial charge on any atom is -0.425 e. The van der Waals surface area contributed by atoms with Crippen LogP contribution in [0.4, 0.5) is 0 Å². The van der Waals surface area contributed by atoms with Gasteiger partial charge in [0.25, 0.3) is 0 Å². The summed E-state index contributed by atoms with van der Waals surface area (Å²) in [4.78, 5) is 13.3. The normalized spacial score (nSPS) is 13.3. The molecule has 4 heteroatoms. The lowest BCUT2D eigenvalue weighted by molar-refractivity contribution is 0.510. The van der Waals surface area contributed by atoms with E-state index in [2.05, 4.69) is 56.5 Å². The van der Waals surface area contributed by atoms with Gasteiger partial charge < -0.3 is 4.42 Å². The third-order valence-corrected chi connectivity index (χ3v) is 2.58. The van der Waals surface area contributed by atoms with Gasteiger partial charge in [-0.1, -0.05) is 41.5 Å². The van der Waals surface area contributed by atoms with Gasteiger partial charge >= 0.3 is 0 Å². The highest BCUT2D eigenvalue weighted by Gasteiger charge is 2.26. The average Bonchev–Trinajstić information content (AvgIpc) is 2.59. The largest absolute Gasteiger partial charge is 0.425 e. The van der Waals surface area contributed by atoms with E-state index in [-0.39, 0.29) is 10.8 Å². The van der Waals surface area contributed by atoms with Gasteiger partial charge in [-0.25, -0.2) is 9.97 Å². The molecule has 0 fully saturated rings. The Morgan fingerprint density at radius 3 is 2.12 bits per heavy atom. The molecule has 0 amide bonds. The predicted molar refractivity (Wildman–Crippen MR) is 67.0 cm³/mol. The maximum absolute atomic E-state index is 5.33. The van der Waals surface area contributed by atoms with E-state index in [9.17, 15) is 0 Å². The lowest BCUT2D eigenvalue weighted by Gasteiger charge is -2.22. The van der Waals surface area contributed by atoms with Gasteiger partial charge in [-0.2, -0.15) is 4.98 Å². The molecule has 4 nitrogen and oxygen atoms in total. The number of nitrogens with zero attached hydrogens (tertiary/aromatic N) is 3. The van der Waals surface area contributed by atoms with E-state index in [1.165, 1.54) is 6.39 Å². The van der Waals surface area contributed by atoms with Crippen LogP contribution in [0, 0.1) is 0 Å². The molecule has 2 rings (SSSR count). The summed E-state index contributed by atoms with van der Waals surface area (Å²) >= 11 is 0. The standard InChI is InChI=1S/C13H19N3O/c1-12(2,3)9-8-10(17-7-14-8)16-11(15-9)13(4,5)6/h7H,1-6H3. The zero-order valence-corrected chi connectivity index (χ0v) is 11.3. The fourth-order valence-corrected chi connectivity index (χ4v) is 1.62. The van der Waals surface area contributed by atoms with E-state index in [1.54, 1.807) is 0 Å². The molecule has 2 aromatic heterocycles. The van der Waals surface area contributed by atoms with Crippen LogP contribution in [-0.2, 0) is 10.8 Å². The van der Waals surface area contributed by atoms with Crippen molar-refractivity contribution in [2.75, 3.05) is 0 Å². The lowest BCUT2D eigenvalue weighted by atomic mass is 9.89. The van der Waals surface area contributed by atoms with Gasteiger partial charge in [-0.05, 0) is 0 Å². The van der Waals surface area contributed by atoms with Crippen molar-refractivity contribution in [3.63, 3.8) is 0 Å². The van der Waals surface area contributed by atoms with Crippen molar-refractivity contribution in [2.24, 2.45) is 0 Å². The van der Waals surface area contributed by atoms with Crippen molar-refractivity contribution in [3.05, 3.63) is 17.9 Å². The number of hydrogen-bond donors (Lipinski definition) is 0. The smallest absolute Gasteiger partial charge is 0.250 e. The summed E-state index contributed by atoms with van der Waals surface area (Å²) in [7, 11) is 0. The molecule has 0 radical (unpaired) electrons. The summed E-state index contributed by atoms with van der Waals surface area (Å²) in [6.07, 6.45) is 1.43. The highest BCUT2D eigenvalue weighted by molar-refractivity contribution is 5.71. The van der Waals surface area contributed by atoms with Crippen LogP contribution >= 0.6 is 0 Å². The third kappa shape index (κ3) is 2.16. The second kappa shape index (κ2) is 3.52. The first-order valence-electron chi connectivity index (χ1n) is 5.82. The molecule has 0 saturated heterocycles. The van der Waals surface area contributed by atoms with Crippen LogP contribution in [0.2, 0.25) is 0 Å². The molecule has 0 atom stereocenters. The minimum atomic E-state index is -0.0963. The van der Waals surface area contributed by atoms with Gasteiger partial charge in [0, 0.05) is 10.8 Å². The van der Waals surface area contributed by atoms with Gasteiger partial charge in [0.1, 0.15) is 5.82 Å². The Balaban J connectivity index is 2.76. The number of oxazole rings is 1. The fourth-order valence-electron chi connectivity index (χ4n) is 1.62. The van der Waals surface area contributed by atoms with Crippen molar-refractivity contribution >= 4 is 11.2 Å². The van der Waals surface area contributed by atoms with Gasteiger partial charge in [0.15, 0.2) is 11.9 Å². The Kier molecular flexibility index (Phi) is 2.49. The molecule has 0 aliphatic carbocycles. The highest BCUT2D eigenvalue weighted by Crippen LogP contribution is 2.29. The number of hydrogen-bond acceptors (Lipinski definition) is 4. The predicted octanol–water partition coefficient (Wildman–Crippen LogP) is 3.21. The Morgan fingerprint density at radius 1 is 0.941 bits per heavy atom. The van der Waals surface area contributed by atoms with Gasteiger partial charge in [0.05, 0.1) is 5.69 Å². The van der Waals surface area contributed by atoms with Crippen LogP contribution < -0.4 is 0 Å². The van der Waals surface area contributed by atoms with E-state index in [1.807, 2.05) is 0 Å². The molecule has 2 heterocycles. The molecule has 92 valence electrons. The van der Waals surface area contributed by atoms with E-state index in [0.29, 0.717) is 5.71 Å². The van der Waals surface area contributed by atoms with E-state index >= 15 is 0 Å². The zero-order chi connectivity index (χ0) is 12.8. The van der Waals surface area contributed by atoms with E-state index < -0.39 is 0 Å². The maximum atomic E-state index is 5.33. The molecule has 0 spiro atoms. The monoisotopic (exact) mass is 233 g/mol. The number of aromatic nitrogens is 3. The lowest BCUT2D eigenvalue weighted by Crippen LogP contribution is -2.22. The Hall–Kier alpha value is -1.45. The summed E-state index contributed by atoms with van der Waals surface area (Å²) < 4.78 is 5.33. The molecule has 17 heavy (non-hydrogen) atoms. The van der Waals surface area contributed by atoms with Gasteiger partial charge in [0.2, 0.25) is 5.71 Å². The molecular formula is C13H19N3O. The molecule has 0 aliphatic heterocycles. The molecule has 0 aromatic carbocycles. The van der Waals surface area contributed by atoms with Crippen molar-refractivity contribution < 1.29 is 4.42 Å². The maximum Gasteiger partial charge on any atom is 0.250 e. The van der Waals surface area contributed by atoms with Crippen LogP contribution in [-0.4, -0.2) is 15.0 Å². The van der Waals surface area contributed by atoms with E-state index in [4.69, 9.17) is 4.42 Å². The number of rotatable bonds is 0. The number of fused-ring (bicyclic) bond motifs is 1. The van der Waals surface area contributed by atoms with Crippen LogP contribution in [0.3, 0.4) is 0 Å². The first-order chi connectivity index (χ1) is 7.69. The highest BCUT2D eigenvalue weighted by atomic mass is 16.3. The van der Waals surface area contributed by atoms with Crippen LogP contribution in [0.25, 0.3) is 11.2 Å². The van der Waals surface area contributed by atoms with Crippen molar-refractivity contribution in [1.82, 2.24) is 15.0 Å². The molecule has 0 bridgehead atoms. The van der Waals surface area contributed by atoms with Gasteiger partial charge in [-0.15, -0.1) is 0 Å². The first-order valence-corrected chi connectivity index (χ1v) is 5.82. The molecule has 0 aliphatic rings. The Labute approximate surface area is 101 Å². The first kappa shape index (κ1) is 12.0. The fraction of sp³-hybridized carbons (Fsp3) is 0.615. The van der Waals surface area contributed by atoms with Crippen LogP contribution in [0.15, 0.2) is 10.8 Å². The summed E-state index contributed by atoms with van der Waals surface area (Å²) in [5, 5.41) is 0. The summed E-state index contributed by atoms with van der Waals surface area (Å²) in [6, 6.07) is 0. The van der Waals surface area contributed by atoms with E-state index in [0.717, 1.165) is 17.0 Å². The topological polar surface area (TPSA) is 51.8 Å². The van der Waals surface area contributed by atoms with Gasteiger partial charge in [-0.3, -0.25) is 0 Å². The molecule has 0 N–H and O–H groups in total. The molecule has 0 unspecified atom stereocenters. The summed E-state index contributed by atoms with van der Waals surface area (Å²) in [5.41, 5.74) is 2.13. The van der Waals surface area contributed by atoms with Crippen LogP contribution in [0.1, 0.15) is 53.1 Å². The second-order valence-electron chi connectivity index (χ2n) is 6.40. The Bertz CT molecular complexity index is 544. The third-order valence-electron chi connectivity index (χ3n) is 2.58. The Morgan fingerprint density at radius 2 is 1.59 bits per heavy atom. The van der Waals surface area contributed by atoms with Crippen molar-refractivity contribution in [3.8, 4) is 0 Å². The minimum absolute atomic E-state index is 0.0714. The van der Waals surface area contributed by atoms with Crippen molar-refractivity contribution in [1.29, 1.82) is 0 Å². The quantitative estimate of drug-likeness (QED) is 0.701. The zero-order valence-electron chi connectivity index (χ0n) is 11.3. The molecule has 0 saturated carbocycles. The van der Waals surface area contributed by atoms with Crippen molar-refractivity contribution in [2.45, 2.75) is 52.4 Å². The summed E-state index contributed by atoms with van der Waals surface area (Å²) in [6.45, 7) is 12.6. The van der Waals surface area contributed by atoms with Crippen LogP contribution in [0.5, 0.6) is 0 Å². The molecular weight excluding hydrogens is 214 g/mol. The molecule has 2 aromatic rings. The average molecular weight is 233 g/mol. The SMILES string of the molecule is CC(C)(C)c1nc(C(C)(C)C)c2ncoc2n1. The second-order valence-corrected chi connectivity index (χ2v) is 6.40. The summed E-state index contributed by atoms with van der Waals surface area (Å²) in [5.74, 6) is 0.798.